The van der Waals surface area contributed by atoms with E-state index in [4.69, 9.17) is 0 Å². The third kappa shape index (κ3) is 3.03. The average Bonchev–Trinajstić information content (AvgIpc) is 2.89. The van der Waals surface area contributed by atoms with Crippen molar-refractivity contribution in [3.8, 4) is 0 Å². The minimum atomic E-state index is -0.241. The second-order valence-corrected chi connectivity index (χ2v) is 10.7. The summed E-state index contributed by atoms with van der Waals surface area (Å²) >= 11 is 0. The van der Waals surface area contributed by atoms with Gasteiger partial charge in [0.2, 0.25) is 0 Å². The highest BCUT2D eigenvalue weighted by Crippen LogP contribution is 2.69. The maximum absolute atomic E-state index is 14.4. The van der Waals surface area contributed by atoms with Crippen LogP contribution >= 0.6 is 0 Å². The second kappa shape index (κ2) is 8.41. The zero-order valence-electron chi connectivity index (χ0n) is 20.0. The van der Waals surface area contributed by atoms with Gasteiger partial charge in [-0.3, -0.25) is 9.59 Å². The Hall–Kier alpha value is -3.78. The number of benzene rings is 4. The summed E-state index contributed by atoms with van der Waals surface area (Å²) in [5.41, 5.74) is 4.68. The number of fused-ring (bicyclic) bond motifs is 2. The molecular weight excluding hydrogens is 440 g/mol. The molecule has 4 aromatic carbocycles. The van der Waals surface area contributed by atoms with Crippen LogP contribution in [-0.2, 0) is 9.59 Å². The van der Waals surface area contributed by atoms with Crippen LogP contribution in [0.2, 0.25) is 0 Å². The highest BCUT2D eigenvalue weighted by molar-refractivity contribution is 6.05. The summed E-state index contributed by atoms with van der Waals surface area (Å²) in [5, 5.41) is 0. The van der Waals surface area contributed by atoms with Gasteiger partial charge >= 0.3 is 0 Å². The molecule has 0 heterocycles. The van der Waals surface area contributed by atoms with Crippen molar-refractivity contribution in [3.05, 3.63) is 144 Å². The van der Waals surface area contributed by atoms with E-state index in [-0.39, 0.29) is 47.3 Å². The number of hydrogen-bond acceptors (Lipinski definition) is 2. The number of carbonyl (C=O) groups is 2. The van der Waals surface area contributed by atoms with Gasteiger partial charge in [0.25, 0.3) is 0 Å². The molecular formula is C34H28O2. The lowest BCUT2D eigenvalue weighted by atomic mass is 9.37. The van der Waals surface area contributed by atoms with E-state index in [0.29, 0.717) is 11.6 Å². The number of Topliss-reactive ketones (excluding diaryl/α,β-unsaturated/α-hetero) is 2. The van der Waals surface area contributed by atoms with Gasteiger partial charge in [0.1, 0.15) is 11.6 Å². The fraction of sp³-hybridized carbons (Fsp3) is 0.235. The van der Waals surface area contributed by atoms with Crippen LogP contribution in [0.4, 0.5) is 0 Å². The smallest absolute Gasteiger partial charge is 0.141 e. The highest BCUT2D eigenvalue weighted by atomic mass is 16.1. The molecule has 3 aliphatic carbocycles. The number of ketones is 2. The first kappa shape index (κ1) is 21.5. The molecule has 0 spiro atoms. The lowest BCUT2D eigenvalue weighted by Crippen LogP contribution is -2.66. The third-order valence-corrected chi connectivity index (χ3v) is 9.15. The fourth-order valence-electron chi connectivity index (χ4n) is 7.72. The van der Waals surface area contributed by atoms with Crippen LogP contribution in [0.25, 0.3) is 0 Å². The molecule has 0 aliphatic heterocycles. The minimum absolute atomic E-state index is 0.0446. The van der Waals surface area contributed by atoms with E-state index in [0.717, 1.165) is 0 Å². The molecule has 7 rings (SSSR count). The fourth-order valence-corrected chi connectivity index (χ4v) is 7.72. The highest BCUT2D eigenvalue weighted by Gasteiger charge is 2.70. The molecule has 3 saturated carbocycles. The van der Waals surface area contributed by atoms with E-state index < -0.39 is 0 Å². The van der Waals surface area contributed by atoms with Gasteiger partial charge < -0.3 is 0 Å². The molecule has 2 heteroatoms. The van der Waals surface area contributed by atoms with E-state index in [2.05, 4.69) is 48.5 Å². The van der Waals surface area contributed by atoms with Gasteiger partial charge in [0.05, 0.1) is 0 Å². The van der Waals surface area contributed by atoms with E-state index >= 15 is 0 Å². The Morgan fingerprint density at radius 2 is 0.472 bits per heavy atom. The van der Waals surface area contributed by atoms with Crippen molar-refractivity contribution >= 4 is 11.6 Å². The van der Waals surface area contributed by atoms with Gasteiger partial charge in [-0.1, -0.05) is 121 Å². The van der Waals surface area contributed by atoms with Gasteiger partial charge in [-0.15, -0.1) is 0 Å². The van der Waals surface area contributed by atoms with Crippen molar-refractivity contribution in [3.63, 3.8) is 0 Å². The number of carbonyl (C=O) groups excluding carboxylic acids is 2. The van der Waals surface area contributed by atoms with Gasteiger partial charge in [-0.2, -0.15) is 0 Å². The molecule has 0 saturated heterocycles. The Bertz CT molecular complexity index is 1180. The largest absolute Gasteiger partial charge is 0.299 e. The summed E-state index contributed by atoms with van der Waals surface area (Å²) in [5.74, 6) is -0.191. The average molecular weight is 469 g/mol. The SMILES string of the molecule is O=C1C2C(C(=O)C3C1C(c1ccccc1)C3c1ccccc1)C(c1ccccc1)C2c1ccccc1. The summed E-state index contributed by atoms with van der Waals surface area (Å²) in [6.45, 7) is 0. The van der Waals surface area contributed by atoms with Gasteiger partial charge in [0.15, 0.2) is 0 Å². The van der Waals surface area contributed by atoms with Crippen LogP contribution in [0.5, 0.6) is 0 Å². The van der Waals surface area contributed by atoms with Crippen LogP contribution in [0.3, 0.4) is 0 Å². The van der Waals surface area contributed by atoms with Crippen LogP contribution < -0.4 is 0 Å². The molecule has 0 N–H and O–H groups in total. The van der Waals surface area contributed by atoms with Crippen LogP contribution in [0.15, 0.2) is 121 Å². The zero-order chi connectivity index (χ0) is 24.2. The molecule has 0 bridgehead atoms. The molecule has 36 heavy (non-hydrogen) atoms. The lowest BCUT2D eigenvalue weighted by molar-refractivity contribution is -0.168. The van der Waals surface area contributed by atoms with E-state index in [1.807, 2.05) is 72.8 Å². The standard InChI is InChI=1S/C34H28O2/c35-33-29-25(21-13-5-1-6-14-21)26(22-15-7-2-8-16-22)30(29)34(36)32-28(24-19-11-4-12-20-24)27(31(32)33)23-17-9-3-10-18-23/h1-20,25-32H. The first-order valence-corrected chi connectivity index (χ1v) is 13.0. The molecule has 0 amide bonds. The predicted molar refractivity (Wildman–Crippen MR) is 141 cm³/mol. The summed E-state index contributed by atoms with van der Waals surface area (Å²) in [6, 6.07) is 41.5. The Morgan fingerprint density at radius 3 is 0.667 bits per heavy atom. The predicted octanol–water partition coefficient (Wildman–Crippen LogP) is 6.77. The molecule has 2 nitrogen and oxygen atoms in total. The second-order valence-electron chi connectivity index (χ2n) is 10.7. The number of hydrogen-bond donors (Lipinski definition) is 0. The molecule has 3 aliphatic rings. The Labute approximate surface area is 212 Å². The summed E-state index contributed by atoms with van der Waals surface area (Å²) in [7, 11) is 0. The molecule has 4 aromatic rings. The normalized spacial score (nSPS) is 32.6. The zero-order valence-corrected chi connectivity index (χ0v) is 20.0. The summed E-state index contributed by atoms with van der Waals surface area (Å²) < 4.78 is 0. The molecule has 8 atom stereocenters. The molecule has 176 valence electrons. The van der Waals surface area contributed by atoms with Gasteiger partial charge in [0, 0.05) is 47.3 Å². The first-order valence-electron chi connectivity index (χ1n) is 13.0. The topological polar surface area (TPSA) is 34.1 Å². The summed E-state index contributed by atoms with van der Waals surface area (Å²) in [6.07, 6.45) is 0. The third-order valence-electron chi connectivity index (χ3n) is 9.15. The van der Waals surface area contributed by atoms with Crippen LogP contribution in [-0.4, -0.2) is 11.6 Å². The minimum Gasteiger partial charge on any atom is -0.299 e. The molecule has 0 radical (unpaired) electrons. The van der Waals surface area contributed by atoms with Gasteiger partial charge in [-0.25, -0.2) is 0 Å². The van der Waals surface area contributed by atoms with Crippen molar-refractivity contribution in [2.45, 2.75) is 23.7 Å². The first-order chi connectivity index (χ1) is 17.8. The monoisotopic (exact) mass is 468 g/mol. The molecule has 0 aromatic heterocycles. The van der Waals surface area contributed by atoms with Crippen molar-refractivity contribution in [2.75, 3.05) is 0 Å². The van der Waals surface area contributed by atoms with Crippen molar-refractivity contribution in [2.24, 2.45) is 23.7 Å². The maximum Gasteiger partial charge on any atom is 0.141 e. The van der Waals surface area contributed by atoms with E-state index in [1.165, 1.54) is 22.3 Å². The van der Waals surface area contributed by atoms with E-state index in [9.17, 15) is 9.59 Å². The van der Waals surface area contributed by atoms with Crippen molar-refractivity contribution in [1.29, 1.82) is 0 Å². The Kier molecular flexibility index (Phi) is 5.02. The van der Waals surface area contributed by atoms with Crippen molar-refractivity contribution < 1.29 is 9.59 Å². The molecule has 3 fully saturated rings. The maximum atomic E-state index is 14.4. The van der Waals surface area contributed by atoms with Crippen LogP contribution in [0, 0.1) is 23.7 Å². The quantitative estimate of drug-likeness (QED) is 0.331. The van der Waals surface area contributed by atoms with E-state index in [1.54, 1.807) is 0 Å². The molecule has 8 unspecified atom stereocenters. The summed E-state index contributed by atoms with van der Waals surface area (Å²) in [4.78, 5) is 28.7. The van der Waals surface area contributed by atoms with Gasteiger partial charge in [-0.05, 0) is 22.3 Å². The Balaban J connectivity index is 1.35. The van der Waals surface area contributed by atoms with Crippen LogP contribution in [0.1, 0.15) is 45.9 Å². The lowest BCUT2D eigenvalue weighted by Gasteiger charge is -2.63. The number of rotatable bonds is 4. The Morgan fingerprint density at radius 1 is 0.278 bits per heavy atom. The van der Waals surface area contributed by atoms with Crippen molar-refractivity contribution in [1.82, 2.24) is 0 Å².